The Labute approximate surface area is 106 Å². The predicted octanol–water partition coefficient (Wildman–Crippen LogP) is 3.19. The Morgan fingerprint density at radius 1 is 0.941 bits per heavy atom. The van der Waals surface area contributed by atoms with Gasteiger partial charge in [-0.1, -0.05) is 39.0 Å². The monoisotopic (exact) mass is 239 g/mol. The van der Waals surface area contributed by atoms with Crippen LogP contribution >= 0.6 is 0 Å². The fourth-order valence-corrected chi connectivity index (χ4v) is 3.56. The van der Waals surface area contributed by atoms with Crippen LogP contribution in [0, 0.1) is 5.92 Å². The van der Waals surface area contributed by atoms with E-state index in [4.69, 9.17) is 0 Å². The van der Waals surface area contributed by atoms with Gasteiger partial charge in [0.05, 0.1) is 6.10 Å². The predicted molar refractivity (Wildman–Crippen MR) is 72.1 cm³/mol. The number of piperidine rings is 1. The first-order chi connectivity index (χ1) is 8.31. The summed E-state index contributed by atoms with van der Waals surface area (Å²) in [5, 5.41) is 10.3. The van der Waals surface area contributed by atoms with Crippen molar-refractivity contribution in [1.82, 2.24) is 4.90 Å². The van der Waals surface area contributed by atoms with Gasteiger partial charge in [0.15, 0.2) is 0 Å². The SMILES string of the molecule is CCC1CCN(C2CCCCCCC2O)CC1. The van der Waals surface area contributed by atoms with Gasteiger partial charge in [0.25, 0.3) is 0 Å². The standard InChI is InChI=1S/C15H29NO/c1-2-13-9-11-16(12-10-13)14-7-5-3-4-6-8-15(14)17/h13-15,17H,2-12H2,1H3. The molecule has 2 atom stereocenters. The number of nitrogens with zero attached hydrogens (tertiary/aromatic N) is 1. The van der Waals surface area contributed by atoms with Crippen molar-refractivity contribution in [2.45, 2.75) is 76.9 Å². The molecule has 2 unspecified atom stereocenters. The third-order valence-electron chi connectivity index (χ3n) is 4.89. The topological polar surface area (TPSA) is 23.5 Å². The molecule has 2 nitrogen and oxygen atoms in total. The summed E-state index contributed by atoms with van der Waals surface area (Å²) in [6, 6.07) is 0.466. The molecular formula is C15H29NO. The van der Waals surface area contributed by atoms with Crippen LogP contribution in [-0.4, -0.2) is 35.2 Å². The van der Waals surface area contributed by atoms with Crippen LogP contribution in [0.15, 0.2) is 0 Å². The van der Waals surface area contributed by atoms with Crippen LogP contribution in [0.25, 0.3) is 0 Å². The molecule has 1 heterocycles. The Morgan fingerprint density at radius 2 is 1.59 bits per heavy atom. The minimum absolute atomic E-state index is 0.0616. The highest BCUT2D eigenvalue weighted by molar-refractivity contribution is 4.84. The lowest BCUT2D eigenvalue weighted by Crippen LogP contribution is -2.47. The van der Waals surface area contributed by atoms with Gasteiger partial charge in [0.2, 0.25) is 0 Å². The second-order valence-corrected chi connectivity index (χ2v) is 6.01. The number of hydrogen-bond acceptors (Lipinski definition) is 2. The molecule has 2 rings (SSSR count). The van der Waals surface area contributed by atoms with Gasteiger partial charge in [-0.2, -0.15) is 0 Å². The Morgan fingerprint density at radius 3 is 2.24 bits per heavy atom. The summed E-state index contributed by atoms with van der Waals surface area (Å²) >= 11 is 0. The summed E-state index contributed by atoms with van der Waals surface area (Å²) in [6.07, 6.45) is 11.4. The minimum atomic E-state index is -0.0616. The van der Waals surface area contributed by atoms with Crippen molar-refractivity contribution >= 4 is 0 Å². The molecule has 100 valence electrons. The summed E-state index contributed by atoms with van der Waals surface area (Å²) in [6.45, 7) is 4.76. The van der Waals surface area contributed by atoms with Crippen molar-refractivity contribution in [3.05, 3.63) is 0 Å². The molecule has 17 heavy (non-hydrogen) atoms. The van der Waals surface area contributed by atoms with Crippen LogP contribution in [-0.2, 0) is 0 Å². The van der Waals surface area contributed by atoms with Crippen molar-refractivity contribution in [2.24, 2.45) is 5.92 Å². The molecule has 0 aromatic heterocycles. The Bertz CT molecular complexity index is 211. The molecule has 1 aliphatic carbocycles. The van der Waals surface area contributed by atoms with E-state index in [1.807, 2.05) is 0 Å². The minimum Gasteiger partial charge on any atom is -0.391 e. The Kier molecular flexibility index (Phi) is 5.30. The molecule has 0 spiro atoms. The molecule has 0 amide bonds. The van der Waals surface area contributed by atoms with Gasteiger partial charge in [-0.15, -0.1) is 0 Å². The molecule has 1 saturated carbocycles. The molecule has 0 radical (unpaired) electrons. The lowest BCUT2D eigenvalue weighted by atomic mass is 9.89. The van der Waals surface area contributed by atoms with Crippen molar-refractivity contribution in [1.29, 1.82) is 0 Å². The first-order valence-electron chi connectivity index (χ1n) is 7.73. The first-order valence-corrected chi connectivity index (χ1v) is 7.73. The van der Waals surface area contributed by atoms with Crippen molar-refractivity contribution in [3.8, 4) is 0 Å². The highest BCUT2D eigenvalue weighted by Gasteiger charge is 2.29. The van der Waals surface area contributed by atoms with E-state index in [2.05, 4.69) is 11.8 Å². The molecule has 0 bridgehead atoms. The number of aliphatic hydroxyl groups is 1. The summed E-state index contributed by atoms with van der Waals surface area (Å²) < 4.78 is 0. The van der Waals surface area contributed by atoms with E-state index in [0.717, 1.165) is 12.3 Å². The third kappa shape index (κ3) is 3.69. The summed E-state index contributed by atoms with van der Waals surface area (Å²) in [7, 11) is 0. The normalized spacial score (nSPS) is 34.2. The molecule has 1 N–H and O–H groups in total. The molecule has 0 aromatic rings. The zero-order chi connectivity index (χ0) is 12.1. The highest BCUT2D eigenvalue weighted by atomic mass is 16.3. The fourth-order valence-electron chi connectivity index (χ4n) is 3.56. The Hall–Kier alpha value is -0.0800. The van der Waals surface area contributed by atoms with Crippen molar-refractivity contribution in [2.75, 3.05) is 13.1 Å². The number of likely N-dealkylation sites (tertiary alicyclic amines) is 1. The van der Waals surface area contributed by atoms with Crippen LogP contribution in [0.4, 0.5) is 0 Å². The Balaban J connectivity index is 1.86. The molecule has 0 aromatic carbocycles. The van der Waals surface area contributed by atoms with E-state index in [0.29, 0.717) is 6.04 Å². The van der Waals surface area contributed by atoms with Gasteiger partial charge < -0.3 is 5.11 Å². The molecule has 1 saturated heterocycles. The zero-order valence-electron chi connectivity index (χ0n) is 11.4. The van der Waals surface area contributed by atoms with E-state index in [-0.39, 0.29) is 6.10 Å². The quantitative estimate of drug-likeness (QED) is 0.800. The molecule has 2 fully saturated rings. The van der Waals surface area contributed by atoms with Crippen LogP contribution in [0.2, 0.25) is 0 Å². The molecule has 2 aliphatic rings. The lowest BCUT2D eigenvalue weighted by molar-refractivity contribution is 0.0139. The number of rotatable bonds is 2. The highest BCUT2D eigenvalue weighted by Crippen LogP contribution is 2.27. The average molecular weight is 239 g/mol. The summed E-state index contributed by atoms with van der Waals surface area (Å²) in [5.41, 5.74) is 0. The first kappa shape index (κ1) is 13.4. The van der Waals surface area contributed by atoms with Gasteiger partial charge in [-0.25, -0.2) is 0 Å². The summed E-state index contributed by atoms with van der Waals surface area (Å²) in [4.78, 5) is 2.59. The van der Waals surface area contributed by atoms with Gasteiger partial charge in [-0.3, -0.25) is 4.90 Å². The van der Waals surface area contributed by atoms with E-state index < -0.39 is 0 Å². The van der Waals surface area contributed by atoms with Gasteiger partial charge in [0, 0.05) is 6.04 Å². The van der Waals surface area contributed by atoms with Gasteiger partial charge >= 0.3 is 0 Å². The van der Waals surface area contributed by atoms with E-state index in [1.165, 1.54) is 64.5 Å². The summed E-state index contributed by atoms with van der Waals surface area (Å²) in [5.74, 6) is 0.942. The van der Waals surface area contributed by atoms with Crippen molar-refractivity contribution in [3.63, 3.8) is 0 Å². The lowest BCUT2D eigenvalue weighted by Gasteiger charge is -2.40. The van der Waals surface area contributed by atoms with Gasteiger partial charge in [-0.05, 0) is 44.7 Å². The molecular weight excluding hydrogens is 210 g/mol. The molecule has 2 heteroatoms. The van der Waals surface area contributed by atoms with Gasteiger partial charge in [0.1, 0.15) is 0 Å². The van der Waals surface area contributed by atoms with E-state index in [1.54, 1.807) is 0 Å². The number of aliphatic hydroxyl groups excluding tert-OH is 1. The maximum atomic E-state index is 10.3. The van der Waals surface area contributed by atoms with Crippen LogP contribution in [0.3, 0.4) is 0 Å². The fraction of sp³-hybridized carbons (Fsp3) is 1.00. The maximum absolute atomic E-state index is 10.3. The van der Waals surface area contributed by atoms with Crippen LogP contribution < -0.4 is 0 Å². The zero-order valence-corrected chi connectivity index (χ0v) is 11.4. The van der Waals surface area contributed by atoms with E-state index in [9.17, 15) is 5.11 Å². The second-order valence-electron chi connectivity index (χ2n) is 6.01. The van der Waals surface area contributed by atoms with E-state index >= 15 is 0 Å². The molecule has 1 aliphatic heterocycles. The average Bonchev–Trinajstić information content (AvgIpc) is 2.35. The number of hydrogen-bond donors (Lipinski definition) is 1. The smallest absolute Gasteiger partial charge is 0.0695 e. The second kappa shape index (κ2) is 6.75. The van der Waals surface area contributed by atoms with Crippen molar-refractivity contribution < 1.29 is 5.11 Å². The largest absolute Gasteiger partial charge is 0.391 e. The third-order valence-corrected chi connectivity index (χ3v) is 4.89. The maximum Gasteiger partial charge on any atom is 0.0695 e. The van der Waals surface area contributed by atoms with Crippen LogP contribution in [0.1, 0.15) is 64.7 Å². The van der Waals surface area contributed by atoms with Crippen LogP contribution in [0.5, 0.6) is 0 Å².